The van der Waals surface area contributed by atoms with Gasteiger partial charge in [0, 0.05) is 11.8 Å². The molecule has 27 heavy (non-hydrogen) atoms. The summed E-state index contributed by atoms with van der Waals surface area (Å²) in [5.41, 5.74) is 3.80. The number of halogens is 2. The highest BCUT2D eigenvalue weighted by Crippen LogP contribution is 2.33. The Kier molecular flexibility index (Phi) is 4.92. The number of hydrogen-bond donors (Lipinski definition) is 0. The quantitative estimate of drug-likeness (QED) is 0.420. The molecule has 0 saturated heterocycles. The third-order valence-electron chi connectivity index (χ3n) is 4.25. The monoisotopic (exact) mass is 398 g/mol. The number of rotatable bonds is 5. The highest BCUT2D eigenvalue weighted by atomic mass is 35.5. The average Bonchev–Trinajstić information content (AvgIpc) is 3.13. The van der Waals surface area contributed by atoms with Crippen LogP contribution in [0.5, 0.6) is 11.5 Å². The van der Waals surface area contributed by atoms with Gasteiger partial charge in [-0.15, -0.1) is 0 Å². The van der Waals surface area contributed by atoms with Gasteiger partial charge in [0.2, 0.25) is 0 Å². The molecule has 0 spiro atoms. The minimum atomic E-state index is 0.363. The number of nitrogens with zero attached hydrogens (tertiary/aromatic N) is 2. The first-order valence-corrected chi connectivity index (χ1v) is 9.08. The normalized spacial score (nSPS) is 10.9. The van der Waals surface area contributed by atoms with Crippen LogP contribution in [0, 0.1) is 0 Å². The van der Waals surface area contributed by atoms with Crippen molar-refractivity contribution in [3.63, 3.8) is 0 Å². The van der Waals surface area contributed by atoms with Gasteiger partial charge < -0.3 is 9.47 Å². The maximum absolute atomic E-state index is 6.06. The molecule has 0 aliphatic carbocycles. The lowest BCUT2D eigenvalue weighted by Crippen LogP contribution is -1.98. The van der Waals surface area contributed by atoms with Gasteiger partial charge in [0.15, 0.2) is 11.5 Å². The Labute approximate surface area is 166 Å². The Morgan fingerprint density at radius 2 is 1.85 bits per heavy atom. The van der Waals surface area contributed by atoms with E-state index in [1.165, 1.54) is 0 Å². The number of hydrogen-bond acceptors (Lipinski definition) is 3. The second-order valence-corrected chi connectivity index (χ2v) is 6.79. The zero-order chi connectivity index (χ0) is 18.8. The molecule has 136 valence electrons. The van der Waals surface area contributed by atoms with Crippen LogP contribution in [0.1, 0.15) is 5.56 Å². The lowest BCUT2D eigenvalue weighted by Gasteiger charge is -2.13. The Morgan fingerprint density at radius 1 is 0.963 bits per heavy atom. The lowest BCUT2D eigenvalue weighted by atomic mass is 10.1. The van der Waals surface area contributed by atoms with E-state index in [4.69, 9.17) is 32.7 Å². The van der Waals surface area contributed by atoms with Crippen molar-refractivity contribution in [3.8, 4) is 22.8 Å². The third-order valence-corrected chi connectivity index (χ3v) is 4.99. The van der Waals surface area contributed by atoms with Crippen molar-refractivity contribution in [2.75, 3.05) is 7.11 Å². The Bertz CT molecular complexity index is 1110. The second-order valence-electron chi connectivity index (χ2n) is 5.98. The molecular weight excluding hydrogens is 383 g/mol. The number of methoxy groups -OCH3 is 1. The molecule has 6 heteroatoms. The van der Waals surface area contributed by atoms with Crippen molar-refractivity contribution in [1.29, 1.82) is 0 Å². The lowest BCUT2D eigenvalue weighted by molar-refractivity contribution is 0.284. The van der Waals surface area contributed by atoms with Gasteiger partial charge in [-0.2, -0.15) is 0 Å². The number of pyridine rings is 1. The van der Waals surface area contributed by atoms with Crippen molar-refractivity contribution < 1.29 is 9.47 Å². The van der Waals surface area contributed by atoms with Crippen molar-refractivity contribution in [2.24, 2.45) is 0 Å². The number of fused-ring (bicyclic) bond motifs is 1. The first-order valence-electron chi connectivity index (χ1n) is 8.33. The van der Waals surface area contributed by atoms with E-state index in [-0.39, 0.29) is 0 Å². The Hall–Kier alpha value is -2.69. The van der Waals surface area contributed by atoms with E-state index in [0.717, 1.165) is 22.5 Å². The van der Waals surface area contributed by atoms with Gasteiger partial charge in [0.25, 0.3) is 0 Å². The van der Waals surface area contributed by atoms with Crippen LogP contribution in [-0.2, 0) is 6.61 Å². The predicted molar refractivity (Wildman–Crippen MR) is 108 cm³/mol. The molecule has 0 saturated carbocycles. The zero-order valence-corrected chi connectivity index (χ0v) is 16.0. The number of aromatic nitrogens is 2. The molecular formula is C21H16Cl2N2O2. The van der Waals surface area contributed by atoms with E-state index < -0.39 is 0 Å². The smallest absolute Gasteiger partial charge is 0.161 e. The summed E-state index contributed by atoms with van der Waals surface area (Å²) in [5, 5.41) is 1.03. The highest BCUT2D eigenvalue weighted by molar-refractivity contribution is 6.42. The zero-order valence-electron chi connectivity index (χ0n) is 14.5. The summed E-state index contributed by atoms with van der Waals surface area (Å²) >= 11 is 12.0. The van der Waals surface area contributed by atoms with Crippen LogP contribution < -0.4 is 9.47 Å². The van der Waals surface area contributed by atoms with Crippen molar-refractivity contribution in [2.45, 2.75) is 6.61 Å². The molecule has 0 atom stereocenters. The minimum absolute atomic E-state index is 0.363. The van der Waals surface area contributed by atoms with E-state index in [1.54, 1.807) is 19.2 Å². The highest BCUT2D eigenvalue weighted by Gasteiger charge is 2.11. The SMILES string of the molecule is COc1cc(-c2cnc3ccccn23)ccc1OCc1ccc(Cl)c(Cl)c1. The van der Waals surface area contributed by atoms with Crippen LogP contribution in [0.2, 0.25) is 10.0 Å². The van der Waals surface area contributed by atoms with E-state index in [9.17, 15) is 0 Å². The second kappa shape index (κ2) is 7.51. The van der Waals surface area contributed by atoms with E-state index in [2.05, 4.69) is 4.98 Å². The van der Waals surface area contributed by atoms with Crippen LogP contribution in [0.25, 0.3) is 16.9 Å². The van der Waals surface area contributed by atoms with Gasteiger partial charge in [0.1, 0.15) is 12.3 Å². The molecule has 0 aliphatic heterocycles. The fourth-order valence-electron chi connectivity index (χ4n) is 2.88. The first kappa shape index (κ1) is 17.7. The maximum atomic E-state index is 6.06. The summed E-state index contributed by atoms with van der Waals surface area (Å²) < 4.78 is 13.5. The van der Waals surface area contributed by atoms with Crippen molar-refractivity contribution in [1.82, 2.24) is 9.38 Å². The van der Waals surface area contributed by atoms with E-state index >= 15 is 0 Å². The molecule has 0 unspecified atom stereocenters. The summed E-state index contributed by atoms with van der Waals surface area (Å²) in [4.78, 5) is 4.43. The minimum Gasteiger partial charge on any atom is -0.493 e. The largest absolute Gasteiger partial charge is 0.493 e. The molecule has 4 aromatic rings. The molecule has 2 aromatic carbocycles. The first-order chi connectivity index (χ1) is 13.2. The molecule has 0 N–H and O–H groups in total. The molecule has 4 rings (SSSR count). The maximum Gasteiger partial charge on any atom is 0.161 e. The Balaban J connectivity index is 1.60. The van der Waals surface area contributed by atoms with E-state index in [1.807, 2.05) is 59.3 Å². The van der Waals surface area contributed by atoms with Crippen molar-refractivity contribution in [3.05, 3.63) is 82.6 Å². The van der Waals surface area contributed by atoms with Gasteiger partial charge in [-0.1, -0.05) is 35.3 Å². The third kappa shape index (κ3) is 3.59. The van der Waals surface area contributed by atoms with Gasteiger partial charge in [-0.25, -0.2) is 4.98 Å². The molecule has 0 radical (unpaired) electrons. The molecule has 2 aromatic heterocycles. The van der Waals surface area contributed by atoms with Gasteiger partial charge in [-0.05, 0) is 48.0 Å². The van der Waals surface area contributed by atoms with Crippen LogP contribution in [0.4, 0.5) is 0 Å². The van der Waals surface area contributed by atoms with Crippen molar-refractivity contribution >= 4 is 28.8 Å². The van der Waals surface area contributed by atoms with Gasteiger partial charge >= 0.3 is 0 Å². The van der Waals surface area contributed by atoms with Gasteiger partial charge in [0.05, 0.1) is 29.0 Å². The summed E-state index contributed by atoms with van der Waals surface area (Å²) in [6, 6.07) is 17.2. The molecule has 0 aliphatic rings. The fraction of sp³-hybridized carbons (Fsp3) is 0.0952. The molecule has 4 nitrogen and oxygen atoms in total. The van der Waals surface area contributed by atoms with Crippen LogP contribution in [0.3, 0.4) is 0 Å². The molecule has 0 fully saturated rings. The summed E-state index contributed by atoms with van der Waals surface area (Å²) in [7, 11) is 1.62. The summed E-state index contributed by atoms with van der Waals surface area (Å²) in [5.74, 6) is 1.31. The average molecular weight is 399 g/mol. The number of ether oxygens (including phenoxy) is 2. The fourth-order valence-corrected chi connectivity index (χ4v) is 3.20. The number of imidazole rings is 1. The van der Waals surface area contributed by atoms with E-state index in [0.29, 0.717) is 28.2 Å². The number of benzene rings is 2. The van der Waals surface area contributed by atoms with Crippen LogP contribution >= 0.6 is 23.2 Å². The summed E-state index contributed by atoms with van der Waals surface area (Å²) in [6.45, 7) is 0.363. The molecule has 2 heterocycles. The molecule has 0 amide bonds. The van der Waals surface area contributed by atoms with Crippen LogP contribution in [-0.4, -0.2) is 16.5 Å². The van der Waals surface area contributed by atoms with Crippen LogP contribution in [0.15, 0.2) is 67.0 Å². The van der Waals surface area contributed by atoms with Gasteiger partial charge in [-0.3, -0.25) is 4.40 Å². The topological polar surface area (TPSA) is 35.8 Å². The standard InChI is InChI=1S/C21H16Cl2N2O2/c1-26-20-11-15(18-12-24-21-4-2-3-9-25(18)21)6-8-19(20)27-13-14-5-7-16(22)17(23)10-14/h2-12H,13H2,1H3. The predicted octanol–water partition coefficient (Wildman–Crippen LogP) is 5.90. The molecule has 0 bridgehead atoms. The Morgan fingerprint density at radius 3 is 2.67 bits per heavy atom. The summed E-state index contributed by atoms with van der Waals surface area (Å²) in [6.07, 6.45) is 3.83.